The monoisotopic (exact) mass is 968 g/mol. The van der Waals surface area contributed by atoms with Crippen LogP contribution in [0.25, 0.3) is 0 Å². The molecule has 0 aromatic carbocycles. The minimum Gasteiger partial charge on any atom is -0.466 e. The average molecular weight is 969 g/mol. The molecule has 0 aliphatic heterocycles. The molecule has 0 aliphatic carbocycles. The topological polar surface area (TPSA) is 95.9 Å². The van der Waals surface area contributed by atoms with E-state index in [1.54, 1.807) is 6.08 Å². The second-order valence-corrected chi connectivity index (χ2v) is 20.7. The maximum atomic E-state index is 12.5. The van der Waals surface area contributed by atoms with E-state index in [1.165, 1.54) is 212 Å². The summed E-state index contributed by atoms with van der Waals surface area (Å²) < 4.78 is 5.48. The lowest BCUT2D eigenvalue weighted by Crippen LogP contribution is -2.45. The minimum atomic E-state index is -0.864. The van der Waals surface area contributed by atoms with Gasteiger partial charge >= 0.3 is 5.97 Å². The summed E-state index contributed by atoms with van der Waals surface area (Å²) in [4.78, 5) is 24.6. The summed E-state index contributed by atoms with van der Waals surface area (Å²) in [5.74, 6) is -0.114. The Hall–Kier alpha value is -2.18. The van der Waals surface area contributed by atoms with E-state index in [1.807, 2.05) is 6.08 Å². The van der Waals surface area contributed by atoms with Crippen LogP contribution in [-0.4, -0.2) is 47.4 Å². The Kier molecular flexibility index (Phi) is 56.5. The molecule has 0 spiro atoms. The highest BCUT2D eigenvalue weighted by atomic mass is 16.5. The number of allylic oxidation sites excluding steroid dienone is 7. The molecule has 0 aliphatic rings. The molecule has 2 unspecified atom stereocenters. The van der Waals surface area contributed by atoms with Crippen LogP contribution in [0.15, 0.2) is 48.6 Å². The molecule has 2 atom stereocenters. The van der Waals surface area contributed by atoms with Gasteiger partial charge in [0.15, 0.2) is 0 Å². The predicted molar refractivity (Wildman–Crippen MR) is 301 cm³/mol. The molecule has 6 heteroatoms. The predicted octanol–water partition coefficient (Wildman–Crippen LogP) is 19.0. The number of aliphatic hydroxyl groups is 2. The molecule has 0 aromatic rings. The molecule has 0 saturated heterocycles. The number of amides is 1. The van der Waals surface area contributed by atoms with E-state index in [-0.39, 0.29) is 18.5 Å². The van der Waals surface area contributed by atoms with Gasteiger partial charge in [-0.2, -0.15) is 0 Å². The second kappa shape index (κ2) is 58.4. The van der Waals surface area contributed by atoms with Gasteiger partial charge in [-0.3, -0.25) is 9.59 Å². The number of ether oxygens (including phenoxy) is 1. The van der Waals surface area contributed by atoms with Crippen molar-refractivity contribution in [3.63, 3.8) is 0 Å². The van der Waals surface area contributed by atoms with Crippen LogP contribution >= 0.6 is 0 Å². The minimum absolute atomic E-state index is 0.0178. The van der Waals surface area contributed by atoms with Crippen LogP contribution in [0.5, 0.6) is 0 Å². The lowest BCUT2D eigenvalue weighted by Gasteiger charge is -2.19. The first-order chi connectivity index (χ1) is 34.0. The number of rotatable bonds is 56. The van der Waals surface area contributed by atoms with Crippen LogP contribution in [0.1, 0.15) is 316 Å². The third-order valence-corrected chi connectivity index (χ3v) is 13.8. The van der Waals surface area contributed by atoms with E-state index in [9.17, 15) is 19.8 Å². The zero-order valence-electron chi connectivity index (χ0n) is 46.0. The van der Waals surface area contributed by atoms with Crippen LogP contribution in [0.4, 0.5) is 0 Å². The number of carbonyl (C=O) groups excluding carboxylic acids is 2. The first-order valence-electron chi connectivity index (χ1n) is 30.4. The Morgan fingerprint density at radius 1 is 0.406 bits per heavy atom. The highest BCUT2D eigenvalue weighted by Crippen LogP contribution is 2.16. The maximum Gasteiger partial charge on any atom is 0.305 e. The van der Waals surface area contributed by atoms with Gasteiger partial charge in [0.1, 0.15) is 0 Å². The van der Waals surface area contributed by atoms with Crippen LogP contribution in [0.2, 0.25) is 0 Å². The molecule has 0 radical (unpaired) electrons. The van der Waals surface area contributed by atoms with E-state index < -0.39 is 12.1 Å². The molecular weight excluding hydrogens is 851 g/mol. The van der Waals surface area contributed by atoms with Crippen molar-refractivity contribution in [2.24, 2.45) is 0 Å². The summed E-state index contributed by atoms with van der Waals surface area (Å²) >= 11 is 0. The highest BCUT2D eigenvalue weighted by molar-refractivity contribution is 5.76. The van der Waals surface area contributed by atoms with Gasteiger partial charge in [0, 0.05) is 12.8 Å². The van der Waals surface area contributed by atoms with Gasteiger partial charge in [0.2, 0.25) is 5.91 Å². The summed E-state index contributed by atoms with van der Waals surface area (Å²) in [5.41, 5.74) is 0. The van der Waals surface area contributed by atoms with Crippen molar-refractivity contribution in [1.82, 2.24) is 5.32 Å². The Bertz CT molecular complexity index is 1160. The molecule has 0 rings (SSSR count). The molecule has 0 aromatic heterocycles. The standard InChI is InChI=1S/C63H117NO5/c1-3-5-7-9-11-13-15-17-19-21-23-25-26-28-31-35-39-43-47-51-55-61(66)60(59-65)64-62(67)56-52-48-44-40-36-32-30-34-38-42-46-50-54-58-69-63(68)57-53-49-45-41-37-33-29-27-24-22-20-18-16-14-12-10-8-6-4-2/h12,14,18,20,32,36,51,55,60-61,65-66H,3-11,13,15-17,19,21-31,33-35,37-50,52-54,56-59H2,1-2H3,(H,64,67)/b14-12-,20-18-,36-32-,55-51+. The smallest absolute Gasteiger partial charge is 0.305 e. The molecule has 3 N–H and O–H groups in total. The highest BCUT2D eigenvalue weighted by Gasteiger charge is 2.18. The van der Waals surface area contributed by atoms with E-state index in [2.05, 4.69) is 55.6 Å². The first-order valence-corrected chi connectivity index (χ1v) is 30.4. The Morgan fingerprint density at radius 2 is 0.725 bits per heavy atom. The normalized spacial score (nSPS) is 12.9. The van der Waals surface area contributed by atoms with Gasteiger partial charge < -0.3 is 20.3 Å². The van der Waals surface area contributed by atoms with Gasteiger partial charge in [0.05, 0.1) is 25.4 Å². The molecule has 1 amide bonds. The van der Waals surface area contributed by atoms with Crippen molar-refractivity contribution in [2.75, 3.05) is 13.2 Å². The first kappa shape index (κ1) is 66.8. The number of hydrogen-bond acceptors (Lipinski definition) is 5. The van der Waals surface area contributed by atoms with E-state index >= 15 is 0 Å². The summed E-state index contributed by atoms with van der Waals surface area (Å²) in [7, 11) is 0. The van der Waals surface area contributed by atoms with Gasteiger partial charge in [-0.25, -0.2) is 0 Å². The van der Waals surface area contributed by atoms with Crippen molar-refractivity contribution in [3.8, 4) is 0 Å². The zero-order chi connectivity index (χ0) is 50.0. The summed E-state index contributed by atoms with van der Waals surface area (Å²) in [6.07, 6.45) is 74.2. The quantitative estimate of drug-likeness (QED) is 0.0321. The number of carbonyl (C=O) groups is 2. The number of hydrogen-bond donors (Lipinski definition) is 3. The Labute approximate surface area is 429 Å². The molecule has 0 fully saturated rings. The fourth-order valence-electron chi connectivity index (χ4n) is 9.13. The van der Waals surface area contributed by atoms with E-state index in [4.69, 9.17) is 4.74 Å². The Morgan fingerprint density at radius 3 is 1.16 bits per heavy atom. The lowest BCUT2D eigenvalue weighted by atomic mass is 10.0. The third-order valence-electron chi connectivity index (χ3n) is 13.8. The van der Waals surface area contributed by atoms with E-state index in [0.29, 0.717) is 19.4 Å². The van der Waals surface area contributed by atoms with Gasteiger partial charge in [0.25, 0.3) is 0 Å². The number of nitrogens with one attached hydrogen (secondary N) is 1. The van der Waals surface area contributed by atoms with Gasteiger partial charge in [-0.15, -0.1) is 0 Å². The lowest BCUT2D eigenvalue weighted by molar-refractivity contribution is -0.143. The van der Waals surface area contributed by atoms with Crippen LogP contribution < -0.4 is 5.32 Å². The van der Waals surface area contributed by atoms with Crippen molar-refractivity contribution < 1.29 is 24.5 Å². The second-order valence-electron chi connectivity index (χ2n) is 20.7. The number of esters is 1. The largest absolute Gasteiger partial charge is 0.466 e. The molecule has 404 valence electrons. The van der Waals surface area contributed by atoms with Crippen LogP contribution in [0, 0.1) is 0 Å². The molecule has 0 bridgehead atoms. The zero-order valence-corrected chi connectivity index (χ0v) is 46.0. The van der Waals surface area contributed by atoms with Crippen molar-refractivity contribution in [2.45, 2.75) is 328 Å². The summed E-state index contributed by atoms with van der Waals surface area (Å²) in [6, 6.07) is -0.650. The van der Waals surface area contributed by atoms with Crippen molar-refractivity contribution in [1.29, 1.82) is 0 Å². The fourth-order valence-corrected chi connectivity index (χ4v) is 9.13. The average Bonchev–Trinajstić information content (AvgIpc) is 3.35. The van der Waals surface area contributed by atoms with Gasteiger partial charge in [-0.05, 0) is 89.9 Å². The summed E-state index contributed by atoms with van der Waals surface area (Å²) in [5, 5.41) is 23.2. The molecule has 69 heavy (non-hydrogen) atoms. The van der Waals surface area contributed by atoms with Crippen molar-refractivity contribution in [3.05, 3.63) is 48.6 Å². The number of aliphatic hydroxyl groups excluding tert-OH is 2. The molecular formula is C63H117NO5. The molecule has 0 saturated carbocycles. The molecule has 6 nitrogen and oxygen atoms in total. The number of unbranched alkanes of at least 4 members (excludes halogenated alkanes) is 39. The molecule has 0 heterocycles. The van der Waals surface area contributed by atoms with Crippen LogP contribution in [0.3, 0.4) is 0 Å². The summed E-state index contributed by atoms with van der Waals surface area (Å²) in [6.45, 7) is 4.85. The maximum absolute atomic E-state index is 12.5. The van der Waals surface area contributed by atoms with Crippen LogP contribution in [-0.2, 0) is 14.3 Å². The third kappa shape index (κ3) is 55.0. The SMILES string of the molecule is CCCCC/C=C\C/C=C\CCCCCCCCCCCC(=O)OCCCCCCCC/C=C\CCCCCC(=O)NC(CO)C(O)/C=C/CCCCCCCCCCCCCCCCCCCC. The van der Waals surface area contributed by atoms with Crippen molar-refractivity contribution >= 4 is 11.9 Å². The van der Waals surface area contributed by atoms with E-state index in [0.717, 1.165) is 77.0 Å². The fraction of sp³-hybridized carbons (Fsp3) is 0.841. The Balaban J connectivity index is 3.52. The van der Waals surface area contributed by atoms with Gasteiger partial charge in [-0.1, -0.05) is 262 Å².